The Bertz CT molecular complexity index is 1700. The van der Waals surface area contributed by atoms with Gasteiger partial charge < -0.3 is 15.2 Å². The third kappa shape index (κ3) is 3.58. The predicted molar refractivity (Wildman–Crippen MR) is 137 cm³/mol. The number of aryl methyl sites for hydroxylation is 1. The number of imidazole rings is 2. The van der Waals surface area contributed by atoms with E-state index in [4.69, 9.17) is 9.98 Å². The van der Waals surface area contributed by atoms with Gasteiger partial charge in [-0.3, -0.25) is 19.5 Å². The van der Waals surface area contributed by atoms with Crippen molar-refractivity contribution in [3.8, 4) is 17.1 Å². The Morgan fingerprint density at radius 2 is 2.11 bits per heavy atom. The molecule has 2 aliphatic heterocycles. The molecule has 1 unspecified atom stereocenters. The number of nitrogens with one attached hydrogen (secondary N) is 2. The number of hydrogen-bond acceptors (Lipinski definition) is 8. The third-order valence-electron chi connectivity index (χ3n) is 6.62. The zero-order chi connectivity index (χ0) is 25.1. The van der Waals surface area contributed by atoms with Crippen molar-refractivity contribution < 1.29 is 4.39 Å². The molecule has 0 bridgehead atoms. The van der Waals surface area contributed by atoms with Crippen LogP contribution in [-0.4, -0.2) is 59.4 Å². The van der Waals surface area contributed by atoms with Gasteiger partial charge in [-0.2, -0.15) is 0 Å². The van der Waals surface area contributed by atoms with Gasteiger partial charge in [0.15, 0.2) is 17.5 Å². The van der Waals surface area contributed by atoms with Gasteiger partial charge in [0.05, 0.1) is 35.2 Å². The van der Waals surface area contributed by atoms with Crippen LogP contribution < -0.4 is 10.2 Å². The highest BCUT2D eigenvalue weighted by Crippen LogP contribution is 2.41. The summed E-state index contributed by atoms with van der Waals surface area (Å²) in [7, 11) is 0. The minimum absolute atomic E-state index is 0.0400. The second kappa shape index (κ2) is 8.27. The molecule has 7 rings (SSSR count). The number of aliphatic imine (C=N–C) groups is 1. The van der Waals surface area contributed by atoms with Crippen LogP contribution in [0.5, 0.6) is 0 Å². The van der Waals surface area contributed by atoms with Crippen molar-refractivity contribution >= 4 is 22.4 Å². The summed E-state index contributed by atoms with van der Waals surface area (Å²) in [5.74, 6) is 0.696. The Kier molecular flexibility index (Phi) is 4.86. The van der Waals surface area contributed by atoms with Crippen LogP contribution in [0.25, 0.3) is 28.1 Å². The summed E-state index contributed by atoms with van der Waals surface area (Å²) in [6, 6.07) is 3.77. The Hall–Kier alpha value is -4.51. The fourth-order valence-corrected chi connectivity index (χ4v) is 4.76. The first-order valence-corrected chi connectivity index (χ1v) is 12.1. The summed E-state index contributed by atoms with van der Waals surface area (Å²) in [4.78, 5) is 32.7. The molecule has 5 aromatic rings. The molecule has 11 heteroatoms. The van der Waals surface area contributed by atoms with Crippen LogP contribution in [0, 0.1) is 12.7 Å². The van der Waals surface area contributed by atoms with Gasteiger partial charge in [0.25, 0.3) is 0 Å². The molecule has 0 spiro atoms. The van der Waals surface area contributed by atoms with E-state index in [-0.39, 0.29) is 11.9 Å². The van der Waals surface area contributed by atoms with Crippen molar-refractivity contribution in [2.45, 2.75) is 26.6 Å². The highest BCUT2D eigenvalue weighted by atomic mass is 19.1. The molecule has 0 saturated carbocycles. The van der Waals surface area contributed by atoms with Crippen molar-refractivity contribution in [1.29, 1.82) is 0 Å². The van der Waals surface area contributed by atoms with E-state index in [2.05, 4.69) is 30.2 Å². The lowest BCUT2D eigenvalue weighted by Gasteiger charge is -2.19. The lowest BCUT2D eigenvalue weighted by atomic mass is 10.0. The van der Waals surface area contributed by atoms with Gasteiger partial charge in [-0.25, -0.2) is 19.3 Å². The summed E-state index contributed by atoms with van der Waals surface area (Å²) in [6.07, 6.45) is 10.4. The number of halogens is 1. The average Bonchev–Trinajstić information content (AvgIpc) is 3.36. The van der Waals surface area contributed by atoms with Crippen LogP contribution in [0.3, 0.4) is 0 Å². The topological polar surface area (TPSA) is 113 Å². The third-order valence-corrected chi connectivity index (χ3v) is 6.62. The Morgan fingerprint density at radius 3 is 2.95 bits per heavy atom. The number of rotatable bonds is 6. The quantitative estimate of drug-likeness (QED) is 0.349. The number of fused-ring (bicyclic) bond motifs is 4. The summed E-state index contributed by atoms with van der Waals surface area (Å²) in [5, 5.41) is 3.27. The zero-order valence-electron chi connectivity index (χ0n) is 20.3. The molecule has 5 aromatic heterocycles. The molecule has 7 heterocycles. The number of aromatic nitrogens is 7. The van der Waals surface area contributed by atoms with E-state index >= 15 is 4.39 Å². The van der Waals surface area contributed by atoms with Gasteiger partial charge >= 0.3 is 0 Å². The van der Waals surface area contributed by atoms with Crippen LogP contribution >= 0.6 is 0 Å². The minimum Gasteiger partial charge on any atom is -0.342 e. The van der Waals surface area contributed by atoms with E-state index in [9.17, 15) is 0 Å². The van der Waals surface area contributed by atoms with Crippen molar-refractivity contribution in [2.24, 2.45) is 4.99 Å². The van der Waals surface area contributed by atoms with Gasteiger partial charge in [-0.1, -0.05) is 6.92 Å². The SMILES string of the molecule is CCNCc1cncc(-c2ncc3c(c2F)C(c2nc4c(-n5cnc(C)c5)nccc4[nH]2)=NC2CN32)c1. The lowest BCUT2D eigenvalue weighted by molar-refractivity contribution is 0.622. The van der Waals surface area contributed by atoms with Gasteiger partial charge in [0.2, 0.25) is 0 Å². The molecular weight excluding hydrogens is 471 g/mol. The second-order valence-corrected chi connectivity index (χ2v) is 9.19. The summed E-state index contributed by atoms with van der Waals surface area (Å²) >= 11 is 0. The monoisotopic (exact) mass is 494 g/mol. The number of aromatic amines is 1. The molecule has 10 nitrogen and oxygen atoms in total. The smallest absolute Gasteiger partial charge is 0.166 e. The highest BCUT2D eigenvalue weighted by molar-refractivity contribution is 6.17. The van der Waals surface area contributed by atoms with Crippen LogP contribution in [0.15, 0.2) is 54.4 Å². The van der Waals surface area contributed by atoms with Crippen LogP contribution in [0.1, 0.15) is 29.6 Å². The molecule has 0 radical (unpaired) electrons. The van der Waals surface area contributed by atoms with Crippen molar-refractivity contribution in [2.75, 3.05) is 18.0 Å². The van der Waals surface area contributed by atoms with Crippen molar-refractivity contribution in [1.82, 2.24) is 39.8 Å². The number of hydrogen-bond donors (Lipinski definition) is 2. The van der Waals surface area contributed by atoms with E-state index < -0.39 is 5.82 Å². The number of anilines is 1. The van der Waals surface area contributed by atoms with E-state index in [1.54, 1.807) is 31.1 Å². The molecule has 0 amide bonds. The molecule has 1 saturated heterocycles. The molecule has 1 fully saturated rings. The van der Waals surface area contributed by atoms with Crippen molar-refractivity contribution in [3.63, 3.8) is 0 Å². The van der Waals surface area contributed by atoms with Gasteiger partial charge in [0, 0.05) is 36.9 Å². The first kappa shape index (κ1) is 21.7. The predicted octanol–water partition coefficient (Wildman–Crippen LogP) is 3.15. The first-order valence-electron chi connectivity index (χ1n) is 12.1. The second-order valence-electron chi connectivity index (χ2n) is 9.19. The molecular formula is C26H23FN10. The Labute approximate surface area is 211 Å². The van der Waals surface area contributed by atoms with Crippen LogP contribution in [-0.2, 0) is 6.54 Å². The van der Waals surface area contributed by atoms with Crippen molar-refractivity contribution in [3.05, 3.63) is 77.9 Å². The molecule has 0 aliphatic carbocycles. The summed E-state index contributed by atoms with van der Waals surface area (Å²) < 4.78 is 18.1. The highest BCUT2D eigenvalue weighted by Gasteiger charge is 2.43. The molecule has 2 aliphatic rings. The standard InChI is InChI=1S/C26H23FN10/c1-3-28-7-15-6-16(9-29-8-15)22-21(27)20-18(10-31-22)37-12-19(37)34-24(20)25-33-17-4-5-30-26(23(17)35-25)36-11-14(2)32-13-36/h4-6,8-11,13,19,28H,3,7,12H2,1-2H3,(H,33,35). The van der Waals surface area contributed by atoms with E-state index in [0.29, 0.717) is 40.5 Å². The van der Waals surface area contributed by atoms with E-state index in [1.165, 1.54) is 0 Å². The molecule has 1 atom stereocenters. The fraction of sp³-hybridized carbons (Fsp3) is 0.231. The van der Waals surface area contributed by atoms with Crippen LogP contribution in [0.4, 0.5) is 10.1 Å². The molecule has 0 aromatic carbocycles. The van der Waals surface area contributed by atoms with Gasteiger partial charge in [0.1, 0.15) is 29.4 Å². The maximum Gasteiger partial charge on any atom is 0.166 e. The average molecular weight is 495 g/mol. The Balaban J connectivity index is 1.35. The number of pyridine rings is 3. The number of H-pyrrole nitrogens is 1. The molecule has 184 valence electrons. The minimum atomic E-state index is -0.437. The van der Waals surface area contributed by atoms with E-state index in [1.807, 2.05) is 41.6 Å². The fourth-order valence-electron chi connectivity index (χ4n) is 4.76. The van der Waals surface area contributed by atoms with Gasteiger partial charge in [-0.05, 0) is 31.2 Å². The Morgan fingerprint density at radius 1 is 1.19 bits per heavy atom. The summed E-state index contributed by atoms with van der Waals surface area (Å²) in [5.41, 5.74) is 5.73. The maximum atomic E-state index is 16.3. The zero-order valence-corrected chi connectivity index (χ0v) is 20.3. The molecule has 2 N–H and O–H groups in total. The van der Waals surface area contributed by atoms with Gasteiger partial charge in [-0.15, -0.1) is 0 Å². The lowest BCUT2D eigenvalue weighted by Crippen LogP contribution is -2.19. The number of nitrogens with zero attached hydrogens (tertiary/aromatic N) is 8. The first-order chi connectivity index (χ1) is 18.1. The maximum absolute atomic E-state index is 16.3. The normalized spacial score (nSPS) is 16.0. The molecule has 37 heavy (non-hydrogen) atoms. The van der Waals surface area contributed by atoms with E-state index in [0.717, 1.165) is 35.6 Å². The summed E-state index contributed by atoms with van der Waals surface area (Å²) in [6.45, 7) is 6.16. The largest absolute Gasteiger partial charge is 0.342 e. The van der Waals surface area contributed by atoms with Crippen LogP contribution in [0.2, 0.25) is 0 Å².